The maximum Gasteiger partial charge on any atom is 0 e. The Bertz CT molecular complexity index is 8.00. The van der Waals surface area contributed by atoms with Crippen molar-refractivity contribution in [1.82, 2.24) is 0 Å². The van der Waals surface area contributed by atoms with E-state index in [1.807, 2.05) is 0 Å². The molecule has 0 rings (SSSR count). The van der Waals surface area contributed by atoms with Crippen molar-refractivity contribution in [3.05, 3.63) is 0 Å². The summed E-state index contributed by atoms with van der Waals surface area (Å²) in [6.45, 7) is 0. The Morgan fingerprint density at radius 3 is 1.00 bits per heavy atom. The van der Waals surface area contributed by atoms with E-state index < -0.39 is 0 Å². The molecule has 0 atom stereocenters. The van der Waals surface area contributed by atoms with Crippen LogP contribution in [0.1, 0.15) is 0 Å². The standard InChI is InChI=1S/Ag.Au.Bi.Cu. The van der Waals surface area contributed by atoms with Gasteiger partial charge in [0, 0.05) is 88.0 Å². The fraction of sp³-hybridized carbons (Fsp3) is 0. The third kappa shape index (κ3) is 8.86. The van der Waals surface area contributed by atoms with Gasteiger partial charge in [-0.05, 0) is 0 Å². The van der Waals surface area contributed by atoms with E-state index in [9.17, 15) is 0 Å². The predicted octanol–water partition coefficient (Wildman–Crippen LogP) is -0.388. The minimum atomic E-state index is 0. The van der Waals surface area contributed by atoms with Crippen LogP contribution in [-0.4, -0.2) is 26.2 Å². The Labute approximate surface area is 86.5 Å². The third-order valence-corrected chi connectivity index (χ3v) is 0. The first-order valence-corrected chi connectivity index (χ1v) is 0. The quantitative estimate of drug-likeness (QED) is 0.345. The van der Waals surface area contributed by atoms with Crippen LogP contribution in [0.2, 0.25) is 0 Å². The van der Waals surface area contributed by atoms with E-state index in [0.717, 1.165) is 0 Å². The van der Waals surface area contributed by atoms with Crippen molar-refractivity contribution < 1.29 is 61.8 Å². The summed E-state index contributed by atoms with van der Waals surface area (Å²) < 4.78 is 0. The molecular weight excluding hydrogens is 577 g/mol. The minimum absolute atomic E-state index is 0. The fourth-order valence-electron chi connectivity index (χ4n) is 0. The molecule has 4 heteroatoms. The van der Waals surface area contributed by atoms with E-state index in [0.29, 0.717) is 0 Å². The summed E-state index contributed by atoms with van der Waals surface area (Å²) in [6, 6.07) is 0. The Morgan fingerprint density at radius 2 is 1.00 bits per heavy atom. The molecule has 0 saturated carbocycles. The second kappa shape index (κ2) is 16.9. The van der Waals surface area contributed by atoms with Crippen molar-refractivity contribution in [2.24, 2.45) is 0 Å². The fourth-order valence-corrected chi connectivity index (χ4v) is 0. The van der Waals surface area contributed by atoms with E-state index in [1.54, 1.807) is 0 Å². The first-order valence-electron chi connectivity index (χ1n) is 0. The second-order valence-electron chi connectivity index (χ2n) is 0. The molecule has 0 amide bonds. The predicted molar refractivity (Wildman–Crippen MR) is 5.75 cm³/mol. The summed E-state index contributed by atoms with van der Waals surface area (Å²) in [4.78, 5) is 0. The molecule has 0 spiro atoms. The largest absolute Gasteiger partial charge is 0 e. The van der Waals surface area contributed by atoms with Crippen LogP contribution in [0.4, 0.5) is 0 Å². The van der Waals surface area contributed by atoms with Gasteiger partial charge in [0.05, 0.1) is 0 Å². The van der Waals surface area contributed by atoms with Crippen molar-refractivity contribution in [3.8, 4) is 0 Å². The number of hydrogen-bond acceptors (Lipinski definition) is 0. The van der Waals surface area contributed by atoms with Gasteiger partial charge in [-0.15, -0.1) is 0 Å². The monoisotopic (exact) mass is 576 g/mol. The molecule has 0 nitrogen and oxygen atoms in total. The Morgan fingerprint density at radius 1 is 1.00 bits per heavy atom. The molecule has 0 unspecified atom stereocenters. The van der Waals surface area contributed by atoms with Crippen LogP contribution < -0.4 is 0 Å². The van der Waals surface area contributed by atoms with Crippen LogP contribution in [0.25, 0.3) is 0 Å². The Balaban J connectivity index is 0. The average molecular weight is 577 g/mol. The molecule has 0 aromatic rings. The van der Waals surface area contributed by atoms with Crippen LogP contribution >= 0.6 is 0 Å². The molecule has 38 valence electrons. The molecule has 0 N–H and O–H groups in total. The molecule has 0 aliphatic heterocycles. The minimum Gasteiger partial charge on any atom is 0 e. The molecule has 0 bridgehead atoms. The van der Waals surface area contributed by atoms with Gasteiger partial charge >= 0.3 is 0 Å². The molecule has 0 aromatic carbocycles. The normalized spacial score (nSPS) is 0. The molecule has 0 fully saturated rings. The smallest absolute Gasteiger partial charge is 0 e. The first kappa shape index (κ1) is 28.7. The van der Waals surface area contributed by atoms with E-state index in [1.165, 1.54) is 0 Å². The van der Waals surface area contributed by atoms with Crippen LogP contribution in [-0.2, 0) is 61.8 Å². The number of hydrogen-bond donors (Lipinski definition) is 0. The van der Waals surface area contributed by atoms with Crippen molar-refractivity contribution in [1.29, 1.82) is 0 Å². The average Bonchev–Trinajstić information content (AvgIpc) is 0. The van der Waals surface area contributed by atoms with Gasteiger partial charge in [0.2, 0.25) is 0 Å². The summed E-state index contributed by atoms with van der Waals surface area (Å²) in [5.74, 6) is 0. The van der Waals surface area contributed by atoms with E-state index in [4.69, 9.17) is 0 Å². The van der Waals surface area contributed by atoms with Crippen LogP contribution in [0.15, 0.2) is 0 Å². The maximum absolute atomic E-state index is 0. The molecule has 6 radical (unpaired) electrons. The van der Waals surface area contributed by atoms with Crippen LogP contribution in [0.5, 0.6) is 0 Å². The summed E-state index contributed by atoms with van der Waals surface area (Å²) in [7, 11) is 0. The van der Waals surface area contributed by atoms with Crippen molar-refractivity contribution in [3.63, 3.8) is 0 Å². The van der Waals surface area contributed by atoms with Gasteiger partial charge in [-0.1, -0.05) is 0 Å². The van der Waals surface area contributed by atoms with E-state index in [2.05, 4.69) is 0 Å². The van der Waals surface area contributed by atoms with Gasteiger partial charge in [0.15, 0.2) is 0 Å². The van der Waals surface area contributed by atoms with Crippen LogP contribution in [0, 0.1) is 0 Å². The zero-order valence-electron chi connectivity index (χ0n) is 1.35. The third-order valence-electron chi connectivity index (χ3n) is 0. The van der Waals surface area contributed by atoms with Gasteiger partial charge in [-0.2, -0.15) is 0 Å². The van der Waals surface area contributed by atoms with Gasteiger partial charge in [-0.25, -0.2) is 0 Å². The second-order valence-corrected chi connectivity index (χ2v) is 0. The van der Waals surface area contributed by atoms with Gasteiger partial charge in [0.25, 0.3) is 0 Å². The summed E-state index contributed by atoms with van der Waals surface area (Å²) in [5, 5.41) is 0. The van der Waals surface area contributed by atoms with Gasteiger partial charge < -0.3 is 0 Å². The SMILES string of the molecule is [Ag].[Au].[Bi].[Cu]. The molecule has 0 heterocycles. The van der Waals surface area contributed by atoms with E-state index >= 15 is 0 Å². The summed E-state index contributed by atoms with van der Waals surface area (Å²) >= 11 is 0. The van der Waals surface area contributed by atoms with Crippen LogP contribution in [0.3, 0.4) is 0 Å². The Kier molecular flexibility index (Phi) is 121. The zero-order chi connectivity index (χ0) is 0. The van der Waals surface area contributed by atoms with E-state index in [-0.39, 0.29) is 88.0 Å². The number of rotatable bonds is 0. The van der Waals surface area contributed by atoms with Gasteiger partial charge in [-0.3, -0.25) is 0 Å². The molecule has 0 saturated heterocycles. The summed E-state index contributed by atoms with van der Waals surface area (Å²) in [5.41, 5.74) is 0. The van der Waals surface area contributed by atoms with Gasteiger partial charge in [0.1, 0.15) is 0 Å². The topological polar surface area (TPSA) is 0 Å². The molecule has 0 aliphatic rings. The van der Waals surface area contributed by atoms with Crippen molar-refractivity contribution in [2.75, 3.05) is 0 Å². The van der Waals surface area contributed by atoms with Crippen molar-refractivity contribution in [2.45, 2.75) is 0 Å². The summed E-state index contributed by atoms with van der Waals surface area (Å²) in [6.07, 6.45) is 0. The molecular formula is AgAuBiCu. The molecule has 0 aromatic heterocycles. The van der Waals surface area contributed by atoms with Crippen molar-refractivity contribution >= 4 is 26.2 Å². The molecule has 4 heavy (non-hydrogen) atoms. The maximum atomic E-state index is 0. The zero-order valence-corrected chi connectivity index (χ0v) is 9.42. The Hall–Kier alpha value is 2.88. The molecule has 0 aliphatic carbocycles. The first-order chi connectivity index (χ1) is 0.